The first-order valence-corrected chi connectivity index (χ1v) is 6.86. The van der Waals surface area contributed by atoms with Crippen molar-refractivity contribution in [3.63, 3.8) is 0 Å². The van der Waals surface area contributed by atoms with Crippen molar-refractivity contribution in [3.8, 4) is 5.75 Å². The molecule has 0 heterocycles. The van der Waals surface area contributed by atoms with E-state index in [1.165, 1.54) is 0 Å². The Morgan fingerprint density at radius 1 is 1.25 bits per heavy atom. The van der Waals surface area contributed by atoms with Crippen LogP contribution in [0.5, 0.6) is 5.75 Å². The Labute approximate surface area is 120 Å². The van der Waals surface area contributed by atoms with Crippen LogP contribution in [0.1, 0.15) is 23.7 Å². The molecule has 1 aromatic carbocycles. The Bertz CT molecular complexity index is 409. The van der Waals surface area contributed by atoms with Gasteiger partial charge in [-0.3, -0.25) is 0 Å². The quantitative estimate of drug-likeness (QED) is 0.666. The standard InChI is InChI=1S/C15H23NO4/c1-3-19-12-10-16(2)9-6-11-20-14-8-5-4-7-13(14)15(17)18/h4-5,7-8H,3,6,9-12H2,1-2H3,(H,17,18). The van der Waals surface area contributed by atoms with Gasteiger partial charge in [-0.25, -0.2) is 4.79 Å². The third-order valence-corrected chi connectivity index (χ3v) is 2.88. The summed E-state index contributed by atoms with van der Waals surface area (Å²) in [5.74, 6) is -0.536. The number of nitrogens with zero attached hydrogens (tertiary/aromatic N) is 1. The van der Waals surface area contributed by atoms with Crippen LogP contribution in [0, 0.1) is 0 Å². The van der Waals surface area contributed by atoms with E-state index in [0.717, 1.165) is 32.7 Å². The summed E-state index contributed by atoms with van der Waals surface area (Å²) in [6.45, 7) is 5.73. The van der Waals surface area contributed by atoms with Gasteiger partial charge in [0.05, 0.1) is 13.2 Å². The van der Waals surface area contributed by atoms with Crippen molar-refractivity contribution in [2.24, 2.45) is 0 Å². The van der Waals surface area contributed by atoms with E-state index in [1.807, 2.05) is 14.0 Å². The van der Waals surface area contributed by atoms with Gasteiger partial charge in [-0.05, 0) is 32.5 Å². The van der Waals surface area contributed by atoms with E-state index in [4.69, 9.17) is 14.6 Å². The molecule has 0 aromatic heterocycles. The van der Waals surface area contributed by atoms with E-state index in [9.17, 15) is 4.79 Å². The van der Waals surface area contributed by atoms with Crippen LogP contribution in [0.2, 0.25) is 0 Å². The molecule has 0 unspecified atom stereocenters. The number of hydrogen-bond donors (Lipinski definition) is 1. The van der Waals surface area contributed by atoms with Crippen molar-refractivity contribution in [3.05, 3.63) is 29.8 Å². The van der Waals surface area contributed by atoms with E-state index < -0.39 is 5.97 Å². The van der Waals surface area contributed by atoms with Gasteiger partial charge in [0, 0.05) is 19.7 Å². The Balaban J connectivity index is 2.26. The molecule has 0 aliphatic rings. The fraction of sp³-hybridized carbons (Fsp3) is 0.533. The average Bonchev–Trinajstić information content (AvgIpc) is 2.44. The number of aromatic carboxylic acids is 1. The zero-order valence-electron chi connectivity index (χ0n) is 12.2. The lowest BCUT2D eigenvalue weighted by molar-refractivity contribution is 0.0692. The van der Waals surface area contributed by atoms with Crippen LogP contribution >= 0.6 is 0 Å². The van der Waals surface area contributed by atoms with Crippen molar-refractivity contribution in [1.82, 2.24) is 4.90 Å². The Morgan fingerprint density at radius 2 is 2.00 bits per heavy atom. The largest absolute Gasteiger partial charge is 0.493 e. The summed E-state index contributed by atoms with van der Waals surface area (Å²) in [7, 11) is 2.03. The monoisotopic (exact) mass is 281 g/mol. The molecular formula is C15H23NO4. The van der Waals surface area contributed by atoms with Crippen LogP contribution in [-0.2, 0) is 4.74 Å². The lowest BCUT2D eigenvalue weighted by atomic mass is 10.2. The average molecular weight is 281 g/mol. The Hall–Kier alpha value is -1.59. The predicted octanol–water partition coefficient (Wildman–Crippen LogP) is 2.12. The highest BCUT2D eigenvalue weighted by Crippen LogP contribution is 2.17. The van der Waals surface area contributed by atoms with Gasteiger partial charge in [0.2, 0.25) is 0 Å². The van der Waals surface area contributed by atoms with Crippen molar-refractivity contribution in [2.75, 3.05) is 40.0 Å². The number of likely N-dealkylation sites (N-methyl/N-ethyl adjacent to an activating group) is 1. The third kappa shape index (κ3) is 6.04. The molecule has 0 radical (unpaired) electrons. The molecule has 0 bridgehead atoms. The zero-order chi connectivity index (χ0) is 14.8. The summed E-state index contributed by atoms with van der Waals surface area (Å²) in [6.07, 6.45) is 0.844. The molecule has 0 atom stereocenters. The fourth-order valence-electron chi connectivity index (χ4n) is 1.76. The van der Waals surface area contributed by atoms with Crippen LogP contribution in [0.4, 0.5) is 0 Å². The van der Waals surface area contributed by atoms with Crippen molar-refractivity contribution in [1.29, 1.82) is 0 Å². The molecule has 0 fully saturated rings. The Kier molecular flexibility index (Phi) is 7.69. The minimum atomic E-state index is -0.963. The SMILES string of the molecule is CCOCCN(C)CCCOc1ccccc1C(=O)O. The van der Waals surface area contributed by atoms with Crippen LogP contribution in [-0.4, -0.2) is 55.9 Å². The summed E-state index contributed by atoms with van der Waals surface area (Å²) in [6, 6.07) is 6.70. The second-order valence-electron chi connectivity index (χ2n) is 4.50. The zero-order valence-corrected chi connectivity index (χ0v) is 12.2. The van der Waals surface area contributed by atoms with E-state index in [1.54, 1.807) is 24.3 Å². The summed E-state index contributed by atoms with van der Waals surface area (Å²) in [5, 5.41) is 9.03. The minimum Gasteiger partial charge on any atom is -0.493 e. The number of carboxylic acid groups (broad SMARTS) is 1. The molecule has 1 N–H and O–H groups in total. The van der Waals surface area contributed by atoms with Crippen molar-refractivity contribution < 1.29 is 19.4 Å². The molecule has 5 heteroatoms. The highest BCUT2D eigenvalue weighted by Gasteiger charge is 2.09. The normalized spacial score (nSPS) is 10.8. The number of hydrogen-bond acceptors (Lipinski definition) is 4. The molecule has 0 spiro atoms. The van der Waals surface area contributed by atoms with Gasteiger partial charge in [-0.2, -0.15) is 0 Å². The van der Waals surface area contributed by atoms with E-state index in [2.05, 4.69) is 4.90 Å². The van der Waals surface area contributed by atoms with Crippen molar-refractivity contribution in [2.45, 2.75) is 13.3 Å². The molecule has 0 saturated carbocycles. The first-order valence-electron chi connectivity index (χ1n) is 6.86. The number of rotatable bonds is 10. The molecular weight excluding hydrogens is 258 g/mol. The highest BCUT2D eigenvalue weighted by molar-refractivity contribution is 5.90. The second kappa shape index (κ2) is 9.34. The van der Waals surface area contributed by atoms with Gasteiger partial charge >= 0.3 is 5.97 Å². The maximum absolute atomic E-state index is 11.0. The summed E-state index contributed by atoms with van der Waals surface area (Å²) in [4.78, 5) is 13.2. The lowest BCUT2D eigenvalue weighted by Gasteiger charge is -2.16. The van der Waals surface area contributed by atoms with Crippen LogP contribution in [0.15, 0.2) is 24.3 Å². The van der Waals surface area contributed by atoms with E-state index >= 15 is 0 Å². The Morgan fingerprint density at radius 3 is 2.70 bits per heavy atom. The number of carboxylic acids is 1. The fourth-order valence-corrected chi connectivity index (χ4v) is 1.76. The van der Waals surface area contributed by atoms with Crippen LogP contribution in [0.3, 0.4) is 0 Å². The van der Waals surface area contributed by atoms with Gasteiger partial charge in [0.15, 0.2) is 0 Å². The number of para-hydroxylation sites is 1. The number of ether oxygens (including phenoxy) is 2. The van der Waals surface area contributed by atoms with Gasteiger partial charge in [-0.1, -0.05) is 12.1 Å². The minimum absolute atomic E-state index is 0.206. The van der Waals surface area contributed by atoms with Gasteiger partial charge in [-0.15, -0.1) is 0 Å². The lowest BCUT2D eigenvalue weighted by Crippen LogP contribution is -2.25. The van der Waals surface area contributed by atoms with Gasteiger partial charge in [0.1, 0.15) is 11.3 Å². The van der Waals surface area contributed by atoms with Crippen LogP contribution in [0.25, 0.3) is 0 Å². The molecule has 0 amide bonds. The summed E-state index contributed by atoms with van der Waals surface area (Å²) >= 11 is 0. The van der Waals surface area contributed by atoms with E-state index in [-0.39, 0.29) is 5.56 Å². The molecule has 0 aliphatic heterocycles. The number of carbonyl (C=O) groups is 1. The van der Waals surface area contributed by atoms with E-state index in [0.29, 0.717) is 12.4 Å². The third-order valence-electron chi connectivity index (χ3n) is 2.88. The maximum Gasteiger partial charge on any atom is 0.339 e. The predicted molar refractivity (Wildman–Crippen MR) is 77.5 cm³/mol. The molecule has 1 aromatic rings. The molecule has 0 aliphatic carbocycles. The first kappa shape index (κ1) is 16.5. The maximum atomic E-state index is 11.0. The molecule has 1 rings (SSSR count). The molecule has 20 heavy (non-hydrogen) atoms. The van der Waals surface area contributed by atoms with Crippen LogP contribution < -0.4 is 4.74 Å². The van der Waals surface area contributed by atoms with Crippen molar-refractivity contribution >= 4 is 5.97 Å². The summed E-state index contributed by atoms with van der Waals surface area (Å²) < 4.78 is 10.8. The second-order valence-corrected chi connectivity index (χ2v) is 4.50. The first-order chi connectivity index (χ1) is 9.65. The van der Waals surface area contributed by atoms with Gasteiger partial charge in [0.25, 0.3) is 0 Å². The topological polar surface area (TPSA) is 59.0 Å². The molecule has 5 nitrogen and oxygen atoms in total. The smallest absolute Gasteiger partial charge is 0.339 e. The van der Waals surface area contributed by atoms with Gasteiger partial charge < -0.3 is 19.5 Å². The highest BCUT2D eigenvalue weighted by atomic mass is 16.5. The summed E-state index contributed by atoms with van der Waals surface area (Å²) in [5.41, 5.74) is 0.206. The molecule has 0 saturated heterocycles. The number of benzene rings is 1. The molecule has 112 valence electrons.